The first-order valence-corrected chi connectivity index (χ1v) is 8.79. The zero-order chi connectivity index (χ0) is 15.5. The molecule has 0 atom stereocenters. The number of hydrogen-bond acceptors (Lipinski definition) is 4. The van der Waals surface area contributed by atoms with E-state index in [4.69, 9.17) is 4.74 Å². The Kier molecular flexibility index (Phi) is 5.03. The molecule has 5 nitrogen and oxygen atoms in total. The molecule has 1 heterocycles. The minimum atomic E-state index is -3.51. The van der Waals surface area contributed by atoms with Crippen LogP contribution in [-0.2, 0) is 20.2 Å². The summed E-state index contributed by atoms with van der Waals surface area (Å²) >= 11 is 0. The van der Waals surface area contributed by atoms with Crippen LogP contribution in [0.4, 0.5) is 0 Å². The second-order valence-electron chi connectivity index (χ2n) is 5.96. The molecule has 6 heteroatoms. The van der Waals surface area contributed by atoms with Crippen LogP contribution in [0.25, 0.3) is 0 Å². The average Bonchev–Trinajstić information content (AvgIpc) is 2.48. The van der Waals surface area contributed by atoms with Crippen molar-refractivity contribution in [1.82, 2.24) is 9.84 Å². The number of rotatable bonds is 5. The molecule has 0 amide bonds. The lowest BCUT2D eigenvalue weighted by Gasteiger charge is -2.27. The number of hydrazine groups is 1. The normalized spacial score (nSPS) is 17.9. The van der Waals surface area contributed by atoms with Gasteiger partial charge in [-0.25, -0.2) is 13.4 Å². The smallest absolute Gasteiger partial charge is 0.253 e. The number of hydrogen-bond donors (Lipinski definition) is 1. The van der Waals surface area contributed by atoms with Crippen LogP contribution in [0.2, 0.25) is 0 Å². The highest BCUT2D eigenvalue weighted by Gasteiger charge is 2.22. The van der Waals surface area contributed by atoms with Gasteiger partial charge < -0.3 is 4.74 Å². The number of sulfonamides is 1. The van der Waals surface area contributed by atoms with E-state index in [0.717, 1.165) is 12.0 Å². The molecule has 118 valence electrons. The fourth-order valence-corrected chi connectivity index (χ4v) is 3.29. The molecule has 1 aromatic carbocycles. The predicted molar refractivity (Wildman–Crippen MR) is 82.5 cm³/mol. The number of benzene rings is 1. The number of nitrogens with one attached hydrogen (secondary N) is 1. The molecule has 0 aromatic heterocycles. The maximum atomic E-state index is 12.3. The van der Waals surface area contributed by atoms with E-state index in [1.807, 2.05) is 12.1 Å². The lowest BCUT2D eigenvalue weighted by molar-refractivity contribution is 0.0272. The number of nitrogens with zero attached hydrogens (tertiary/aromatic N) is 1. The van der Waals surface area contributed by atoms with Gasteiger partial charge in [0.25, 0.3) is 10.0 Å². The van der Waals surface area contributed by atoms with Crippen LogP contribution in [-0.4, -0.2) is 39.7 Å². The summed E-state index contributed by atoms with van der Waals surface area (Å²) in [5.74, 6) is 0. The molecule has 0 saturated carbocycles. The summed E-state index contributed by atoms with van der Waals surface area (Å²) < 4.78 is 29.9. The van der Waals surface area contributed by atoms with E-state index in [1.54, 1.807) is 17.1 Å². The third-order valence-electron chi connectivity index (χ3n) is 4.09. The lowest BCUT2D eigenvalue weighted by atomic mass is 9.82. The van der Waals surface area contributed by atoms with E-state index in [2.05, 4.69) is 25.6 Å². The van der Waals surface area contributed by atoms with Crippen molar-refractivity contribution in [1.29, 1.82) is 0 Å². The second-order valence-corrected chi connectivity index (χ2v) is 7.62. The molecule has 1 saturated heterocycles. The number of ether oxygens (including phenoxy) is 1. The quantitative estimate of drug-likeness (QED) is 0.902. The molecule has 21 heavy (non-hydrogen) atoms. The molecule has 1 fully saturated rings. The van der Waals surface area contributed by atoms with Crippen molar-refractivity contribution < 1.29 is 13.2 Å². The average molecular weight is 312 g/mol. The Balaban J connectivity index is 2.13. The summed E-state index contributed by atoms with van der Waals surface area (Å²) in [6, 6.07) is 7.15. The Labute approximate surface area is 127 Å². The van der Waals surface area contributed by atoms with Gasteiger partial charge in [0.05, 0.1) is 18.1 Å². The first-order chi connectivity index (χ1) is 9.85. The highest BCUT2D eigenvalue weighted by atomic mass is 32.2. The molecular formula is C15H24N2O3S. The lowest BCUT2D eigenvalue weighted by Crippen LogP contribution is -2.48. The van der Waals surface area contributed by atoms with Crippen LogP contribution in [0.1, 0.15) is 32.8 Å². The Bertz CT molecular complexity index is 561. The Morgan fingerprint density at radius 2 is 1.76 bits per heavy atom. The topological polar surface area (TPSA) is 58.6 Å². The third-order valence-corrected chi connectivity index (χ3v) is 5.48. The first kappa shape index (κ1) is 16.4. The molecule has 1 aliphatic rings. The van der Waals surface area contributed by atoms with Gasteiger partial charge in [-0.1, -0.05) is 32.9 Å². The molecule has 1 aromatic rings. The molecule has 1 aliphatic heterocycles. The summed E-state index contributed by atoms with van der Waals surface area (Å²) in [6.45, 7) is 8.67. The summed E-state index contributed by atoms with van der Waals surface area (Å²) in [5.41, 5.74) is 1.20. The van der Waals surface area contributed by atoms with Gasteiger partial charge in [0, 0.05) is 13.1 Å². The van der Waals surface area contributed by atoms with Crippen molar-refractivity contribution in [2.24, 2.45) is 0 Å². The van der Waals surface area contributed by atoms with Gasteiger partial charge in [0.2, 0.25) is 0 Å². The zero-order valence-corrected chi connectivity index (χ0v) is 13.7. The van der Waals surface area contributed by atoms with Gasteiger partial charge in [0.15, 0.2) is 0 Å². The maximum absolute atomic E-state index is 12.3. The van der Waals surface area contributed by atoms with Crippen molar-refractivity contribution in [2.75, 3.05) is 26.3 Å². The minimum absolute atomic E-state index is 0.0555. The molecule has 0 bridgehead atoms. The van der Waals surface area contributed by atoms with Gasteiger partial charge in [-0.3, -0.25) is 0 Å². The predicted octanol–water partition coefficient (Wildman–Crippen LogP) is 1.90. The standard InChI is InChI=1S/C15H24N2O3S/c1-4-15(2,3)13-5-7-14(8-6-13)21(18,19)16-17-9-11-20-12-10-17/h5-8,16H,4,9-12H2,1-3H3. The van der Waals surface area contributed by atoms with Crippen LogP contribution in [0.15, 0.2) is 29.2 Å². The molecule has 1 N–H and O–H groups in total. The largest absolute Gasteiger partial charge is 0.379 e. The van der Waals surface area contributed by atoms with Crippen LogP contribution in [0.5, 0.6) is 0 Å². The summed E-state index contributed by atoms with van der Waals surface area (Å²) in [5, 5.41) is 1.68. The van der Waals surface area contributed by atoms with Crippen LogP contribution in [0, 0.1) is 0 Å². The van der Waals surface area contributed by atoms with Gasteiger partial charge in [-0.05, 0) is 29.5 Å². The molecule has 0 spiro atoms. The SMILES string of the molecule is CCC(C)(C)c1ccc(S(=O)(=O)NN2CCOCC2)cc1. The van der Waals surface area contributed by atoms with Crippen molar-refractivity contribution in [3.05, 3.63) is 29.8 Å². The molecule has 0 radical (unpaired) electrons. The van der Waals surface area contributed by atoms with E-state index < -0.39 is 10.0 Å². The minimum Gasteiger partial charge on any atom is -0.379 e. The van der Waals surface area contributed by atoms with Gasteiger partial charge in [-0.15, -0.1) is 4.83 Å². The van der Waals surface area contributed by atoms with Crippen molar-refractivity contribution in [2.45, 2.75) is 37.5 Å². The monoisotopic (exact) mass is 312 g/mol. The Hall–Kier alpha value is -0.950. The second kappa shape index (κ2) is 6.44. The number of morpholine rings is 1. The molecule has 2 rings (SSSR count). The van der Waals surface area contributed by atoms with Crippen LogP contribution < -0.4 is 4.83 Å². The zero-order valence-electron chi connectivity index (χ0n) is 12.9. The van der Waals surface area contributed by atoms with Gasteiger partial charge >= 0.3 is 0 Å². The van der Waals surface area contributed by atoms with Crippen molar-refractivity contribution >= 4 is 10.0 Å². The van der Waals surface area contributed by atoms with Gasteiger partial charge in [0.1, 0.15) is 0 Å². The fraction of sp³-hybridized carbons (Fsp3) is 0.600. The third kappa shape index (κ3) is 4.03. The van der Waals surface area contributed by atoms with E-state index in [1.165, 1.54) is 0 Å². The van der Waals surface area contributed by atoms with E-state index in [9.17, 15) is 8.42 Å². The summed E-state index contributed by atoms with van der Waals surface area (Å²) in [6.07, 6.45) is 1.01. The maximum Gasteiger partial charge on any atom is 0.253 e. The van der Waals surface area contributed by atoms with E-state index in [-0.39, 0.29) is 5.41 Å². The highest BCUT2D eigenvalue weighted by molar-refractivity contribution is 7.89. The first-order valence-electron chi connectivity index (χ1n) is 7.31. The molecule has 0 unspecified atom stereocenters. The summed E-state index contributed by atoms with van der Waals surface area (Å²) in [7, 11) is -3.51. The van der Waals surface area contributed by atoms with Crippen LogP contribution in [0.3, 0.4) is 0 Å². The van der Waals surface area contributed by atoms with Crippen LogP contribution >= 0.6 is 0 Å². The Morgan fingerprint density at radius 3 is 2.29 bits per heavy atom. The van der Waals surface area contributed by atoms with Crippen molar-refractivity contribution in [3.8, 4) is 0 Å². The van der Waals surface area contributed by atoms with E-state index in [0.29, 0.717) is 31.2 Å². The van der Waals surface area contributed by atoms with Crippen molar-refractivity contribution in [3.63, 3.8) is 0 Å². The van der Waals surface area contributed by atoms with E-state index >= 15 is 0 Å². The summed E-state index contributed by atoms with van der Waals surface area (Å²) in [4.78, 5) is 2.91. The Morgan fingerprint density at radius 1 is 1.19 bits per heavy atom. The van der Waals surface area contributed by atoms with Gasteiger partial charge in [-0.2, -0.15) is 0 Å². The highest BCUT2D eigenvalue weighted by Crippen LogP contribution is 2.27. The molecular weight excluding hydrogens is 288 g/mol. The molecule has 0 aliphatic carbocycles. The fourth-order valence-electron chi connectivity index (χ4n) is 2.17.